The number of hydrogen-bond acceptors (Lipinski definition) is 5. The Kier molecular flexibility index (Phi) is 5.07. The van der Waals surface area contributed by atoms with Crippen molar-refractivity contribution in [3.8, 4) is 0 Å². The van der Waals surface area contributed by atoms with Crippen molar-refractivity contribution in [2.24, 2.45) is 0 Å². The first-order valence-electron chi connectivity index (χ1n) is 9.10. The summed E-state index contributed by atoms with van der Waals surface area (Å²) >= 11 is 3.47. The first kappa shape index (κ1) is 17.6. The standard InChI is InChI=1S/C20H22N2O2S2/c1-2-13-10-11-17(25-13)18(22-12-6-5-8-15(22)20(23)24)19-21-14-7-3-4-9-16(14)26-19/h3-4,7,9-11,15,18H,2,5-6,8,12H2,1H3,(H,23,24). The molecule has 1 aliphatic rings. The Hall–Kier alpha value is -1.76. The molecule has 2 unspecified atom stereocenters. The number of thiophene rings is 1. The summed E-state index contributed by atoms with van der Waals surface area (Å²) in [4.78, 5) is 21.5. The lowest BCUT2D eigenvalue weighted by atomic mass is 9.99. The minimum atomic E-state index is -0.719. The van der Waals surface area contributed by atoms with Crippen molar-refractivity contribution in [3.63, 3.8) is 0 Å². The third kappa shape index (κ3) is 3.29. The molecule has 1 aromatic carbocycles. The van der Waals surface area contributed by atoms with E-state index in [1.807, 2.05) is 18.2 Å². The van der Waals surface area contributed by atoms with Gasteiger partial charge in [-0.25, -0.2) is 4.98 Å². The molecule has 136 valence electrons. The number of aliphatic carboxylic acids is 1. The number of hydrogen-bond donors (Lipinski definition) is 1. The molecule has 0 radical (unpaired) electrons. The van der Waals surface area contributed by atoms with E-state index in [0.717, 1.165) is 41.0 Å². The number of aryl methyl sites for hydroxylation is 1. The molecule has 6 heteroatoms. The number of aromatic nitrogens is 1. The molecule has 4 rings (SSSR count). The third-order valence-electron chi connectivity index (χ3n) is 5.01. The van der Waals surface area contributed by atoms with Crippen molar-refractivity contribution in [1.82, 2.24) is 9.88 Å². The summed E-state index contributed by atoms with van der Waals surface area (Å²) < 4.78 is 1.16. The zero-order valence-corrected chi connectivity index (χ0v) is 16.4. The van der Waals surface area contributed by atoms with Crippen molar-refractivity contribution < 1.29 is 9.90 Å². The zero-order chi connectivity index (χ0) is 18.1. The fraction of sp³-hybridized carbons (Fsp3) is 0.400. The Labute approximate surface area is 161 Å². The fourth-order valence-electron chi connectivity index (χ4n) is 3.69. The molecule has 0 bridgehead atoms. The molecule has 3 aromatic rings. The molecule has 3 heterocycles. The summed E-state index contributed by atoms with van der Waals surface area (Å²) in [5.74, 6) is -0.719. The van der Waals surface area contributed by atoms with Crippen LogP contribution in [0.25, 0.3) is 10.2 Å². The Bertz CT molecular complexity index is 884. The maximum Gasteiger partial charge on any atom is 0.320 e. The van der Waals surface area contributed by atoms with Crippen molar-refractivity contribution in [3.05, 3.63) is 51.2 Å². The Morgan fingerprint density at radius 1 is 1.27 bits per heavy atom. The van der Waals surface area contributed by atoms with Crippen LogP contribution in [0.4, 0.5) is 0 Å². The van der Waals surface area contributed by atoms with Crippen LogP contribution in [0.1, 0.15) is 47.0 Å². The number of thiazole rings is 1. The number of nitrogens with zero attached hydrogens (tertiary/aromatic N) is 2. The number of carboxylic acids is 1. The average molecular weight is 387 g/mol. The molecule has 1 saturated heterocycles. The highest BCUT2D eigenvalue weighted by atomic mass is 32.1. The molecular formula is C20H22N2O2S2. The van der Waals surface area contributed by atoms with E-state index in [-0.39, 0.29) is 6.04 Å². The quantitative estimate of drug-likeness (QED) is 0.674. The number of carbonyl (C=O) groups is 1. The van der Waals surface area contributed by atoms with Crippen molar-refractivity contribution in [2.45, 2.75) is 44.7 Å². The maximum absolute atomic E-state index is 11.9. The molecule has 0 spiro atoms. The van der Waals surface area contributed by atoms with E-state index in [1.54, 1.807) is 22.7 Å². The third-order valence-corrected chi connectivity index (χ3v) is 7.38. The Morgan fingerprint density at radius 3 is 2.85 bits per heavy atom. The number of likely N-dealkylation sites (tertiary alicyclic amines) is 1. The molecule has 26 heavy (non-hydrogen) atoms. The normalized spacial score (nSPS) is 19.7. The number of para-hydroxylation sites is 1. The number of fused-ring (bicyclic) bond motifs is 1. The van der Waals surface area contributed by atoms with E-state index in [9.17, 15) is 9.90 Å². The number of rotatable bonds is 5. The van der Waals surface area contributed by atoms with E-state index in [0.29, 0.717) is 6.42 Å². The van der Waals surface area contributed by atoms with Crippen LogP contribution in [0.15, 0.2) is 36.4 Å². The molecule has 0 amide bonds. The highest BCUT2D eigenvalue weighted by Gasteiger charge is 2.37. The van der Waals surface area contributed by atoms with Crippen LogP contribution in [-0.4, -0.2) is 33.5 Å². The number of piperidine rings is 1. The van der Waals surface area contributed by atoms with E-state index < -0.39 is 12.0 Å². The predicted molar refractivity (Wildman–Crippen MR) is 107 cm³/mol. The second-order valence-corrected chi connectivity index (χ2v) is 8.93. The van der Waals surface area contributed by atoms with Gasteiger partial charge in [0.05, 0.1) is 16.3 Å². The minimum absolute atomic E-state index is 0.0703. The van der Waals surface area contributed by atoms with Gasteiger partial charge in [0.2, 0.25) is 0 Å². The van der Waals surface area contributed by atoms with Crippen LogP contribution < -0.4 is 0 Å². The molecule has 1 N–H and O–H groups in total. The van der Waals surface area contributed by atoms with Crippen LogP contribution in [0.3, 0.4) is 0 Å². The van der Waals surface area contributed by atoms with Gasteiger partial charge >= 0.3 is 5.97 Å². The summed E-state index contributed by atoms with van der Waals surface area (Å²) in [5, 5.41) is 10.8. The van der Waals surface area contributed by atoms with Crippen molar-refractivity contribution in [1.29, 1.82) is 0 Å². The van der Waals surface area contributed by atoms with Gasteiger partial charge in [-0.15, -0.1) is 22.7 Å². The largest absolute Gasteiger partial charge is 0.480 e. The summed E-state index contributed by atoms with van der Waals surface area (Å²) in [6.45, 7) is 2.96. The summed E-state index contributed by atoms with van der Waals surface area (Å²) in [7, 11) is 0. The second-order valence-electron chi connectivity index (χ2n) is 6.67. The summed E-state index contributed by atoms with van der Waals surface area (Å²) in [6, 6.07) is 12.0. The van der Waals surface area contributed by atoms with E-state index >= 15 is 0 Å². The van der Waals surface area contributed by atoms with Gasteiger partial charge in [0.15, 0.2) is 0 Å². The van der Waals surface area contributed by atoms with E-state index in [1.165, 1.54) is 9.75 Å². The SMILES string of the molecule is CCc1ccc(C(c2nc3ccccc3s2)N2CCCCC2C(=O)O)s1. The predicted octanol–water partition coefficient (Wildman–Crippen LogP) is 4.95. The fourth-order valence-corrected chi connectivity index (χ4v) is 5.95. The number of benzene rings is 1. The molecule has 1 aliphatic heterocycles. The topological polar surface area (TPSA) is 53.4 Å². The van der Waals surface area contributed by atoms with Gasteiger partial charge in [-0.1, -0.05) is 25.5 Å². The molecule has 1 fully saturated rings. The zero-order valence-electron chi connectivity index (χ0n) is 14.7. The summed E-state index contributed by atoms with van der Waals surface area (Å²) in [6.07, 6.45) is 3.73. The molecule has 4 nitrogen and oxygen atoms in total. The highest BCUT2D eigenvalue weighted by molar-refractivity contribution is 7.19. The second kappa shape index (κ2) is 7.47. The van der Waals surface area contributed by atoms with Crippen molar-refractivity contribution >= 4 is 38.9 Å². The Morgan fingerprint density at radius 2 is 2.12 bits per heavy atom. The van der Waals surface area contributed by atoms with Gasteiger partial charge in [-0.3, -0.25) is 9.69 Å². The van der Waals surface area contributed by atoms with E-state index in [4.69, 9.17) is 4.98 Å². The smallest absolute Gasteiger partial charge is 0.320 e. The average Bonchev–Trinajstić information content (AvgIpc) is 3.29. The molecule has 2 aromatic heterocycles. The number of carboxylic acid groups (broad SMARTS) is 1. The van der Waals surface area contributed by atoms with Gasteiger partial charge in [0.1, 0.15) is 11.0 Å². The Balaban J connectivity index is 1.81. The van der Waals surface area contributed by atoms with Gasteiger partial charge in [0.25, 0.3) is 0 Å². The highest BCUT2D eigenvalue weighted by Crippen LogP contribution is 2.40. The molecular weight excluding hydrogens is 364 g/mol. The summed E-state index contributed by atoms with van der Waals surface area (Å²) in [5.41, 5.74) is 0.994. The lowest BCUT2D eigenvalue weighted by Crippen LogP contribution is -2.46. The molecule has 0 aliphatic carbocycles. The monoisotopic (exact) mass is 386 g/mol. The van der Waals surface area contributed by atoms with Crippen LogP contribution in [0, 0.1) is 0 Å². The minimum Gasteiger partial charge on any atom is -0.480 e. The van der Waals surface area contributed by atoms with Crippen LogP contribution in [0.2, 0.25) is 0 Å². The van der Waals surface area contributed by atoms with Crippen LogP contribution in [0.5, 0.6) is 0 Å². The van der Waals surface area contributed by atoms with Gasteiger partial charge in [-0.2, -0.15) is 0 Å². The van der Waals surface area contributed by atoms with Crippen molar-refractivity contribution in [2.75, 3.05) is 6.54 Å². The van der Waals surface area contributed by atoms with Gasteiger partial charge < -0.3 is 5.11 Å². The van der Waals surface area contributed by atoms with E-state index in [2.05, 4.69) is 30.0 Å². The maximum atomic E-state index is 11.9. The lowest BCUT2D eigenvalue weighted by Gasteiger charge is -2.37. The molecule has 0 saturated carbocycles. The first-order valence-corrected chi connectivity index (χ1v) is 10.7. The first-order chi connectivity index (χ1) is 12.7. The van der Waals surface area contributed by atoms with Gasteiger partial charge in [-0.05, 0) is 43.5 Å². The molecule has 2 atom stereocenters. The van der Waals surface area contributed by atoms with Crippen LogP contribution >= 0.6 is 22.7 Å². The van der Waals surface area contributed by atoms with Gasteiger partial charge in [0, 0.05) is 16.3 Å². The van der Waals surface area contributed by atoms with Crippen LogP contribution in [-0.2, 0) is 11.2 Å². The lowest BCUT2D eigenvalue weighted by molar-refractivity contribution is -0.145.